The maximum atomic E-state index is 6.31. The standard InChI is InChI=1S/C21H32N2O2/c1-3-18(4-1)16-23-11-8-21(9-12-23)20(7-14-25-21)6-13-24-17-19-5-2-10-22-15-19/h2,5,10,15,18,20H,1,3-4,6-9,11-14,16-17H2/t20-/m1/s1. The van der Waals surface area contributed by atoms with E-state index in [-0.39, 0.29) is 5.60 Å². The predicted octanol–water partition coefficient (Wildman–Crippen LogP) is 3.66. The molecule has 0 amide bonds. The van der Waals surface area contributed by atoms with Crippen molar-refractivity contribution >= 4 is 0 Å². The molecule has 4 heteroatoms. The average Bonchev–Trinajstić information content (AvgIpc) is 3.00. The maximum Gasteiger partial charge on any atom is 0.0736 e. The Morgan fingerprint density at radius 2 is 2.12 bits per heavy atom. The molecule has 4 nitrogen and oxygen atoms in total. The van der Waals surface area contributed by atoms with Crippen LogP contribution in [0, 0.1) is 11.8 Å². The Bertz CT molecular complexity index is 524. The van der Waals surface area contributed by atoms with Crippen LogP contribution in [0.15, 0.2) is 24.5 Å². The van der Waals surface area contributed by atoms with Crippen LogP contribution < -0.4 is 0 Å². The zero-order chi connectivity index (χ0) is 17.0. The fourth-order valence-corrected chi connectivity index (χ4v) is 4.80. The molecule has 4 rings (SSSR count). The second-order valence-corrected chi connectivity index (χ2v) is 8.20. The summed E-state index contributed by atoms with van der Waals surface area (Å²) < 4.78 is 12.2. The van der Waals surface area contributed by atoms with E-state index in [0.717, 1.165) is 31.1 Å². The third kappa shape index (κ3) is 4.24. The fourth-order valence-electron chi connectivity index (χ4n) is 4.80. The Morgan fingerprint density at radius 3 is 2.84 bits per heavy atom. The molecule has 138 valence electrons. The van der Waals surface area contributed by atoms with Gasteiger partial charge in [-0.1, -0.05) is 12.5 Å². The maximum absolute atomic E-state index is 6.31. The molecular weight excluding hydrogens is 312 g/mol. The molecule has 1 aromatic heterocycles. The lowest BCUT2D eigenvalue weighted by Gasteiger charge is -2.44. The lowest BCUT2D eigenvalue weighted by molar-refractivity contribution is -0.0750. The van der Waals surface area contributed by atoms with E-state index in [4.69, 9.17) is 9.47 Å². The molecule has 1 aliphatic carbocycles. The van der Waals surface area contributed by atoms with Crippen LogP contribution in [0.1, 0.15) is 50.5 Å². The Labute approximate surface area is 151 Å². The largest absolute Gasteiger partial charge is 0.377 e. The summed E-state index contributed by atoms with van der Waals surface area (Å²) in [7, 11) is 0. The minimum absolute atomic E-state index is 0.147. The van der Waals surface area contributed by atoms with Gasteiger partial charge in [0.1, 0.15) is 0 Å². The fraction of sp³-hybridized carbons (Fsp3) is 0.762. The van der Waals surface area contributed by atoms with E-state index in [9.17, 15) is 0 Å². The van der Waals surface area contributed by atoms with Crippen molar-refractivity contribution in [1.29, 1.82) is 0 Å². The molecule has 0 N–H and O–H groups in total. The Morgan fingerprint density at radius 1 is 1.24 bits per heavy atom. The lowest BCUT2D eigenvalue weighted by atomic mass is 9.77. The number of rotatable bonds is 7. The molecule has 1 atom stereocenters. The lowest BCUT2D eigenvalue weighted by Crippen LogP contribution is -2.49. The van der Waals surface area contributed by atoms with Gasteiger partial charge in [0.15, 0.2) is 0 Å². The number of pyridine rings is 1. The summed E-state index contributed by atoms with van der Waals surface area (Å²) in [4.78, 5) is 6.83. The zero-order valence-corrected chi connectivity index (χ0v) is 15.4. The first-order chi connectivity index (χ1) is 12.3. The highest BCUT2D eigenvalue weighted by Gasteiger charge is 2.45. The minimum Gasteiger partial charge on any atom is -0.377 e. The molecule has 25 heavy (non-hydrogen) atoms. The van der Waals surface area contributed by atoms with Gasteiger partial charge in [0.05, 0.1) is 12.2 Å². The summed E-state index contributed by atoms with van der Waals surface area (Å²) in [5, 5.41) is 0. The second kappa shape index (κ2) is 8.15. The molecule has 1 saturated carbocycles. The van der Waals surface area contributed by atoms with Gasteiger partial charge < -0.3 is 14.4 Å². The number of aromatic nitrogens is 1. The zero-order valence-electron chi connectivity index (χ0n) is 15.4. The average molecular weight is 344 g/mol. The highest BCUT2D eigenvalue weighted by molar-refractivity contribution is 5.06. The summed E-state index contributed by atoms with van der Waals surface area (Å²) in [6, 6.07) is 4.04. The number of piperidine rings is 1. The summed E-state index contributed by atoms with van der Waals surface area (Å²) in [5.41, 5.74) is 1.30. The first-order valence-electron chi connectivity index (χ1n) is 10.2. The quantitative estimate of drug-likeness (QED) is 0.707. The van der Waals surface area contributed by atoms with E-state index in [1.165, 1.54) is 58.2 Å². The van der Waals surface area contributed by atoms with Crippen LogP contribution in [-0.2, 0) is 16.1 Å². The summed E-state index contributed by atoms with van der Waals surface area (Å²) >= 11 is 0. The topological polar surface area (TPSA) is 34.6 Å². The monoisotopic (exact) mass is 344 g/mol. The van der Waals surface area contributed by atoms with Crippen molar-refractivity contribution < 1.29 is 9.47 Å². The van der Waals surface area contributed by atoms with E-state index in [1.54, 1.807) is 6.20 Å². The molecule has 0 unspecified atom stereocenters. The molecule has 3 heterocycles. The van der Waals surface area contributed by atoms with Gasteiger partial charge in [-0.3, -0.25) is 4.98 Å². The number of ether oxygens (including phenoxy) is 2. The third-order valence-corrected chi connectivity index (χ3v) is 6.65. The van der Waals surface area contributed by atoms with Crippen molar-refractivity contribution in [3.05, 3.63) is 30.1 Å². The number of hydrogen-bond acceptors (Lipinski definition) is 4. The molecule has 3 aliphatic rings. The van der Waals surface area contributed by atoms with Crippen LogP contribution in [-0.4, -0.2) is 48.3 Å². The van der Waals surface area contributed by atoms with Crippen LogP contribution in [0.25, 0.3) is 0 Å². The normalized spacial score (nSPS) is 26.8. The van der Waals surface area contributed by atoms with Gasteiger partial charge in [-0.15, -0.1) is 0 Å². The summed E-state index contributed by atoms with van der Waals surface area (Å²) in [5.74, 6) is 1.66. The number of likely N-dealkylation sites (tertiary alicyclic amines) is 1. The third-order valence-electron chi connectivity index (χ3n) is 6.65. The van der Waals surface area contributed by atoms with Crippen LogP contribution in [0.2, 0.25) is 0 Å². The van der Waals surface area contributed by atoms with Crippen LogP contribution in [0.5, 0.6) is 0 Å². The van der Waals surface area contributed by atoms with Gasteiger partial charge in [0.25, 0.3) is 0 Å². The first-order valence-corrected chi connectivity index (χ1v) is 10.2. The van der Waals surface area contributed by atoms with E-state index in [2.05, 4.69) is 16.0 Å². The Hall–Kier alpha value is -0.970. The van der Waals surface area contributed by atoms with Crippen LogP contribution in [0.4, 0.5) is 0 Å². The van der Waals surface area contributed by atoms with Gasteiger partial charge >= 0.3 is 0 Å². The molecule has 0 bridgehead atoms. The molecule has 0 aromatic carbocycles. The van der Waals surface area contributed by atoms with Crippen molar-refractivity contribution in [2.45, 2.75) is 57.2 Å². The highest BCUT2D eigenvalue weighted by atomic mass is 16.5. The first kappa shape index (κ1) is 17.4. The predicted molar refractivity (Wildman–Crippen MR) is 98.3 cm³/mol. The number of nitrogens with zero attached hydrogens (tertiary/aromatic N) is 2. The summed E-state index contributed by atoms with van der Waals surface area (Å²) in [6.45, 7) is 6.22. The van der Waals surface area contributed by atoms with E-state index in [1.807, 2.05) is 12.3 Å². The van der Waals surface area contributed by atoms with Gasteiger partial charge in [0.2, 0.25) is 0 Å². The summed E-state index contributed by atoms with van der Waals surface area (Å²) in [6.07, 6.45) is 12.8. The molecule has 2 saturated heterocycles. The molecular formula is C21H32N2O2. The minimum atomic E-state index is 0.147. The van der Waals surface area contributed by atoms with Crippen molar-refractivity contribution in [1.82, 2.24) is 9.88 Å². The highest BCUT2D eigenvalue weighted by Crippen LogP contribution is 2.42. The van der Waals surface area contributed by atoms with Crippen LogP contribution in [0.3, 0.4) is 0 Å². The smallest absolute Gasteiger partial charge is 0.0736 e. The van der Waals surface area contributed by atoms with E-state index in [0.29, 0.717) is 12.5 Å². The van der Waals surface area contributed by atoms with Gasteiger partial charge in [-0.25, -0.2) is 0 Å². The molecule has 1 spiro atoms. The van der Waals surface area contributed by atoms with Crippen molar-refractivity contribution in [2.75, 3.05) is 32.8 Å². The van der Waals surface area contributed by atoms with Gasteiger partial charge in [-0.2, -0.15) is 0 Å². The van der Waals surface area contributed by atoms with Gasteiger partial charge in [0, 0.05) is 45.2 Å². The molecule has 2 aliphatic heterocycles. The molecule has 3 fully saturated rings. The molecule has 0 radical (unpaired) electrons. The van der Waals surface area contributed by atoms with Crippen LogP contribution >= 0.6 is 0 Å². The van der Waals surface area contributed by atoms with Gasteiger partial charge in [-0.05, 0) is 62.0 Å². The SMILES string of the molecule is c1cncc(COCC[C@@H]2CCOC23CCN(CC2CCC2)CC3)c1. The van der Waals surface area contributed by atoms with Crippen molar-refractivity contribution in [3.63, 3.8) is 0 Å². The van der Waals surface area contributed by atoms with E-state index >= 15 is 0 Å². The van der Waals surface area contributed by atoms with E-state index < -0.39 is 0 Å². The Kier molecular flexibility index (Phi) is 5.69. The molecule has 1 aromatic rings. The van der Waals surface area contributed by atoms with Crippen molar-refractivity contribution in [3.8, 4) is 0 Å². The van der Waals surface area contributed by atoms with Crippen molar-refractivity contribution in [2.24, 2.45) is 11.8 Å². The second-order valence-electron chi connectivity index (χ2n) is 8.20. The number of hydrogen-bond donors (Lipinski definition) is 0. The Balaban J connectivity index is 1.20.